The maximum atomic E-state index is 12.2. The summed E-state index contributed by atoms with van der Waals surface area (Å²) < 4.78 is 5.13. The summed E-state index contributed by atoms with van der Waals surface area (Å²) in [5, 5.41) is 14.2. The van der Waals surface area contributed by atoms with Gasteiger partial charge in [-0.2, -0.15) is 5.11 Å². The zero-order valence-corrected chi connectivity index (χ0v) is 15.0. The van der Waals surface area contributed by atoms with Crippen LogP contribution in [0.1, 0.15) is 21.5 Å². The molecule has 8 nitrogen and oxygen atoms in total. The molecular weight excluding hydrogens is 346 g/mol. The first-order valence-electron chi connectivity index (χ1n) is 8.35. The standard InChI is InChI=1S/C19H19N5O3/c1-12-7-9-13(10-8-12)11-15-18(26)20-19(23-21-15)24-22-17(25)14-5-3-4-6-16(14)27-2/h3-10,15H,11H2,1-2H3,(H,22,25)(H,20,24,26). The summed E-state index contributed by atoms with van der Waals surface area (Å²) >= 11 is 0. The van der Waals surface area contributed by atoms with Gasteiger partial charge in [-0.15, -0.1) is 10.2 Å². The van der Waals surface area contributed by atoms with Gasteiger partial charge >= 0.3 is 0 Å². The first-order valence-corrected chi connectivity index (χ1v) is 8.35. The van der Waals surface area contributed by atoms with Crippen LogP contribution in [-0.4, -0.2) is 30.9 Å². The second-order valence-corrected chi connectivity index (χ2v) is 5.99. The van der Waals surface area contributed by atoms with Crippen molar-refractivity contribution in [2.24, 2.45) is 15.3 Å². The number of guanidine groups is 1. The summed E-state index contributed by atoms with van der Waals surface area (Å²) in [5.41, 5.74) is 4.79. The van der Waals surface area contributed by atoms with E-state index >= 15 is 0 Å². The molecule has 1 heterocycles. The number of ether oxygens (including phenoxy) is 1. The largest absolute Gasteiger partial charge is 0.496 e. The van der Waals surface area contributed by atoms with Crippen molar-refractivity contribution < 1.29 is 14.3 Å². The van der Waals surface area contributed by atoms with Gasteiger partial charge in [0, 0.05) is 6.42 Å². The predicted molar refractivity (Wildman–Crippen MR) is 99.6 cm³/mol. The van der Waals surface area contributed by atoms with E-state index in [0.717, 1.165) is 11.1 Å². The molecule has 0 radical (unpaired) electrons. The van der Waals surface area contributed by atoms with Crippen LogP contribution in [0.5, 0.6) is 5.75 Å². The number of hydrogen-bond donors (Lipinski definition) is 2. The molecule has 138 valence electrons. The maximum Gasteiger partial charge on any atom is 0.275 e. The number of nitrogens with zero attached hydrogens (tertiary/aromatic N) is 3. The van der Waals surface area contributed by atoms with Crippen LogP contribution in [-0.2, 0) is 11.2 Å². The molecule has 0 saturated heterocycles. The van der Waals surface area contributed by atoms with E-state index in [1.165, 1.54) is 7.11 Å². The number of hydrogen-bond acceptors (Lipinski definition) is 5. The number of benzene rings is 2. The van der Waals surface area contributed by atoms with E-state index in [0.29, 0.717) is 17.7 Å². The summed E-state index contributed by atoms with van der Waals surface area (Å²) in [6.45, 7) is 2.00. The van der Waals surface area contributed by atoms with E-state index in [1.807, 2.05) is 31.2 Å². The molecule has 8 heteroatoms. The summed E-state index contributed by atoms with van der Waals surface area (Å²) in [6, 6.07) is 14.0. The van der Waals surface area contributed by atoms with Crippen LogP contribution in [0.4, 0.5) is 0 Å². The number of carbonyl (C=O) groups excluding carboxylic acids is 2. The van der Waals surface area contributed by atoms with Crippen molar-refractivity contribution in [2.45, 2.75) is 19.4 Å². The third kappa shape index (κ3) is 4.55. The van der Waals surface area contributed by atoms with Gasteiger partial charge in [-0.3, -0.25) is 14.9 Å². The normalized spacial score (nSPS) is 17.5. The third-order valence-electron chi connectivity index (χ3n) is 3.99. The molecule has 1 unspecified atom stereocenters. The minimum Gasteiger partial charge on any atom is -0.496 e. The van der Waals surface area contributed by atoms with Crippen molar-refractivity contribution in [2.75, 3.05) is 7.11 Å². The number of methoxy groups -OCH3 is 1. The Balaban J connectivity index is 1.64. The topological polar surface area (TPSA) is 105 Å². The van der Waals surface area contributed by atoms with Crippen molar-refractivity contribution in [3.05, 3.63) is 65.2 Å². The monoisotopic (exact) mass is 365 g/mol. The van der Waals surface area contributed by atoms with Crippen molar-refractivity contribution in [1.29, 1.82) is 0 Å². The predicted octanol–water partition coefficient (Wildman–Crippen LogP) is 2.20. The molecule has 0 saturated carbocycles. The lowest BCUT2D eigenvalue weighted by Gasteiger charge is -2.16. The Bertz CT molecular complexity index is 906. The summed E-state index contributed by atoms with van der Waals surface area (Å²) in [4.78, 5) is 24.4. The minimum atomic E-state index is -0.628. The summed E-state index contributed by atoms with van der Waals surface area (Å²) in [5.74, 6) is -0.451. The Labute approximate surface area is 156 Å². The SMILES string of the molecule is COc1ccccc1C(=O)NN=C1N=NC(Cc2ccc(C)cc2)C(=O)N1. The molecule has 0 aromatic heterocycles. The zero-order valence-electron chi connectivity index (χ0n) is 15.0. The molecule has 1 aliphatic heterocycles. The molecule has 3 rings (SSSR count). The van der Waals surface area contributed by atoms with Crippen molar-refractivity contribution in [1.82, 2.24) is 10.7 Å². The van der Waals surface area contributed by atoms with Crippen molar-refractivity contribution in [3.63, 3.8) is 0 Å². The van der Waals surface area contributed by atoms with Crippen LogP contribution in [0.25, 0.3) is 0 Å². The van der Waals surface area contributed by atoms with Crippen molar-refractivity contribution in [3.8, 4) is 5.75 Å². The van der Waals surface area contributed by atoms with Crippen LogP contribution in [0.2, 0.25) is 0 Å². The molecule has 0 aliphatic carbocycles. The van der Waals surface area contributed by atoms with Gasteiger partial charge in [0.25, 0.3) is 17.8 Å². The highest BCUT2D eigenvalue weighted by Crippen LogP contribution is 2.17. The van der Waals surface area contributed by atoms with E-state index in [2.05, 4.69) is 26.1 Å². The van der Waals surface area contributed by atoms with Crippen LogP contribution >= 0.6 is 0 Å². The number of aryl methyl sites for hydroxylation is 1. The Morgan fingerprint density at radius 2 is 1.96 bits per heavy atom. The lowest BCUT2D eigenvalue weighted by Crippen LogP contribution is -2.42. The molecule has 2 N–H and O–H groups in total. The number of nitrogens with one attached hydrogen (secondary N) is 2. The fourth-order valence-electron chi connectivity index (χ4n) is 2.52. The first-order chi connectivity index (χ1) is 13.1. The molecule has 2 aromatic carbocycles. The molecule has 0 spiro atoms. The van der Waals surface area contributed by atoms with E-state index in [4.69, 9.17) is 4.74 Å². The number of hydrazone groups is 1. The van der Waals surface area contributed by atoms with Gasteiger partial charge in [0.05, 0.1) is 12.7 Å². The molecular formula is C19H19N5O3. The van der Waals surface area contributed by atoms with Crippen LogP contribution in [0, 0.1) is 6.92 Å². The molecule has 0 bridgehead atoms. The minimum absolute atomic E-state index is 0.0663. The second kappa shape index (κ2) is 8.22. The number of rotatable bonds is 5. The van der Waals surface area contributed by atoms with Crippen LogP contribution in [0.15, 0.2) is 63.9 Å². The van der Waals surface area contributed by atoms with E-state index in [9.17, 15) is 9.59 Å². The highest BCUT2D eigenvalue weighted by Gasteiger charge is 2.24. The Morgan fingerprint density at radius 1 is 1.22 bits per heavy atom. The third-order valence-corrected chi connectivity index (χ3v) is 3.99. The fourth-order valence-corrected chi connectivity index (χ4v) is 2.52. The molecule has 2 aromatic rings. The van der Waals surface area contributed by atoms with Crippen molar-refractivity contribution >= 4 is 17.8 Å². The van der Waals surface area contributed by atoms with Crippen LogP contribution in [0.3, 0.4) is 0 Å². The molecule has 27 heavy (non-hydrogen) atoms. The average Bonchev–Trinajstić information content (AvgIpc) is 2.69. The molecule has 2 amide bonds. The number of amides is 2. The Morgan fingerprint density at radius 3 is 2.67 bits per heavy atom. The molecule has 1 aliphatic rings. The lowest BCUT2D eigenvalue weighted by molar-refractivity contribution is -0.121. The van der Waals surface area contributed by atoms with Gasteiger partial charge in [-0.25, -0.2) is 5.43 Å². The number of para-hydroxylation sites is 1. The van der Waals surface area contributed by atoms with E-state index in [1.54, 1.807) is 24.3 Å². The summed E-state index contributed by atoms with van der Waals surface area (Å²) in [7, 11) is 1.47. The van der Waals surface area contributed by atoms with Gasteiger partial charge in [-0.05, 0) is 24.6 Å². The number of azo groups is 1. The smallest absolute Gasteiger partial charge is 0.275 e. The Kier molecular flexibility index (Phi) is 5.55. The summed E-state index contributed by atoms with van der Waals surface area (Å²) in [6.07, 6.45) is 0.441. The maximum absolute atomic E-state index is 12.2. The van der Waals surface area contributed by atoms with Gasteiger partial charge < -0.3 is 4.74 Å². The molecule has 0 fully saturated rings. The fraction of sp³-hybridized carbons (Fsp3) is 0.211. The van der Waals surface area contributed by atoms with E-state index in [-0.39, 0.29) is 11.9 Å². The van der Waals surface area contributed by atoms with Crippen LogP contribution < -0.4 is 15.5 Å². The Hall–Kier alpha value is -3.55. The van der Waals surface area contributed by atoms with E-state index < -0.39 is 11.9 Å². The quantitative estimate of drug-likeness (QED) is 0.794. The van der Waals surface area contributed by atoms with Gasteiger partial charge in [0.2, 0.25) is 0 Å². The second-order valence-electron chi connectivity index (χ2n) is 5.99. The molecule has 1 atom stereocenters. The van der Waals surface area contributed by atoms with Gasteiger partial charge in [-0.1, -0.05) is 42.0 Å². The van der Waals surface area contributed by atoms with Gasteiger partial charge in [0.1, 0.15) is 5.75 Å². The lowest BCUT2D eigenvalue weighted by atomic mass is 10.0. The zero-order chi connectivity index (χ0) is 19.2. The van der Waals surface area contributed by atoms with Gasteiger partial charge in [0.15, 0.2) is 6.04 Å². The first kappa shape index (κ1) is 18.2. The highest BCUT2D eigenvalue weighted by molar-refractivity contribution is 6.02. The highest BCUT2D eigenvalue weighted by atomic mass is 16.5. The number of carbonyl (C=O) groups is 2. The average molecular weight is 365 g/mol.